The van der Waals surface area contributed by atoms with Crippen molar-refractivity contribution in [1.29, 1.82) is 0 Å². The molecule has 36 heavy (non-hydrogen) atoms. The van der Waals surface area contributed by atoms with Crippen LogP contribution in [-0.4, -0.2) is 77.5 Å². The lowest BCUT2D eigenvalue weighted by atomic mass is 9.89. The molecule has 1 unspecified atom stereocenters. The molecule has 2 aromatic carbocycles. The Labute approximate surface area is 215 Å². The molecule has 1 saturated heterocycles. The summed E-state index contributed by atoms with van der Waals surface area (Å²) in [5.41, 5.74) is 5.47. The van der Waals surface area contributed by atoms with E-state index in [0.29, 0.717) is 19.6 Å². The maximum absolute atomic E-state index is 14.2. The van der Waals surface area contributed by atoms with E-state index in [1.54, 1.807) is 19.1 Å². The Balaban J connectivity index is 1.50. The second kappa shape index (κ2) is 11.6. The molecule has 9 heteroatoms. The third kappa shape index (κ3) is 6.21. The van der Waals surface area contributed by atoms with Gasteiger partial charge < -0.3 is 15.2 Å². The van der Waals surface area contributed by atoms with E-state index in [1.165, 1.54) is 12.1 Å². The lowest BCUT2D eigenvalue weighted by Gasteiger charge is -2.35. The summed E-state index contributed by atoms with van der Waals surface area (Å²) in [4.78, 5) is 18.2. The van der Waals surface area contributed by atoms with Gasteiger partial charge in [0.25, 0.3) is 0 Å². The zero-order chi connectivity index (χ0) is 25.8. The molecule has 0 saturated carbocycles. The van der Waals surface area contributed by atoms with Crippen LogP contribution < -0.4 is 5.23 Å². The van der Waals surface area contributed by atoms with Gasteiger partial charge in [0.05, 0.1) is 6.42 Å². The van der Waals surface area contributed by atoms with Gasteiger partial charge in [0.15, 0.2) is 0 Å². The summed E-state index contributed by atoms with van der Waals surface area (Å²) in [6.45, 7) is 8.18. The van der Waals surface area contributed by atoms with Gasteiger partial charge in [-0.2, -0.15) is 0 Å². The number of fused-ring (bicyclic) bond motifs is 1. The highest BCUT2D eigenvalue weighted by Gasteiger charge is 2.28. The van der Waals surface area contributed by atoms with Crippen LogP contribution in [0.3, 0.4) is 0 Å². The third-order valence-corrected chi connectivity index (χ3v) is 7.83. The Hall–Kier alpha value is -2.59. The summed E-state index contributed by atoms with van der Waals surface area (Å²) in [7, 11) is -1.57. The van der Waals surface area contributed by atoms with Crippen molar-refractivity contribution in [1.82, 2.24) is 15.0 Å². The molecule has 6 nitrogen and oxygen atoms in total. The predicted molar refractivity (Wildman–Crippen MR) is 145 cm³/mol. The maximum atomic E-state index is 14.2. The molecule has 2 aromatic rings. The highest BCUT2D eigenvalue weighted by atomic mass is 32.2. The van der Waals surface area contributed by atoms with Crippen molar-refractivity contribution in [2.24, 2.45) is 0 Å². The first-order valence-corrected chi connectivity index (χ1v) is 13.9. The number of rotatable bonds is 8. The molecule has 1 aliphatic heterocycles. The van der Waals surface area contributed by atoms with E-state index >= 15 is 0 Å². The van der Waals surface area contributed by atoms with E-state index in [-0.39, 0.29) is 18.1 Å². The van der Waals surface area contributed by atoms with Gasteiger partial charge in [-0.25, -0.2) is 4.39 Å². The molecule has 4 rings (SSSR count). The van der Waals surface area contributed by atoms with E-state index in [9.17, 15) is 18.4 Å². The minimum absolute atomic E-state index is 0.0809. The first-order chi connectivity index (χ1) is 17.2. The first-order valence-electron chi connectivity index (χ1n) is 12.3. The average molecular weight is 509 g/mol. The third-order valence-electron chi connectivity index (χ3n) is 6.90. The first kappa shape index (κ1) is 26.5. The summed E-state index contributed by atoms with van der Waals surface area (Å²) >= 11 is 0. The van der Waals surface area contributed by atoms with Gasteiger partial charge in [0, 0.05) is 54.7 Å². The quantitative estimate of drug-likeness (QED) is 0.536. The second-order valence-corrected chi connectivity index (χ2v) is 10.8. The van der Waals surface area contributed by atoms with Crippen molar-refractivity contribution in [2.45, 2.75) is 25.1 Å². The van der Waals surface area contributed by atoms with Crippen molar-refractivity contribution in [2.75, 3.05) is 45.5 Å². The molecule has 190 valence electrons. The van der Waals surface area contributed by atoms with E-state index in [1.807, 2.05) is 42.2 Å². The number of hydrogen-bond donors (Lipinski definition) is 2. The van der Waals surface area contributed by atoms with Crippen LogP contribution in [0, 0.1) is 5.82 Å². The number of hydrogen-bond acceptors (Lipinski definition) is 5. The average Bonchev–Trinajstić information content (AvgIpc) is 3.09. The number of carbonyl (C=O) groups is 1. The monoisotopic (exact) mass is 509 g/mol. The number of allylic oxidation sites excluding steroid dienone is 2. The number of nitrogens with one attached hydrogen (secondary N) is 1. The van der Waals surface area contributed by atoms with Crippen LogP contribution in [0.4, 0.5) is 4.39 Å². The van der Waals surface area contributed by atoms with Crippen molar-refractivity contribution in [3.8, 4) is 0 Å². The molecule has 0 radical (unpaired) electrons. The summed E-state index contributed by atoms with van der Waals surface area (Å²) in [6, 6.07) is 12.3. The van der Waals surface area contributed by atoms with Crippen LogP contribution in [0.1, 0.15) is 30.0 Å². The molecule has 1 amide bonds. The van der Waals surface area contributed by atoms with Gasteiger partial charge in [-0.05, 0) is 84.0 Å². The van der Waals surface area contributed by atoms with Gasteiger partial charge >= 0.3 is 7.05 Å². The summed E-state index contributed by atoms with van der Waals surface area (Å²) in [6.07, 6.45) is 3.93. The van der Waals surface area contributed by atoms with Gasteiger partial charge in [-0.3, -0.25) is 13.9 Å². The Morgan fingerprint density at radius 1 is 1.14 bits per heavy atom. The second-order valence-electron chi connectivity index (χ2n) is 9.40. The van der Waals surface area contributed by atoms with Gasteiger partial charge in [0.2, 0.25) is 5.91 Å². The van der Waals surface area contributed by atoms with Crippen LogP contribution in [-0.2, 0) is 15.6 Å². The highest BCUT2D eigenvalue weighted by molar-refractivity contribution is 7.84. The highest BCUT2D eigenvalue weighted by Crippen LogP contribution is 2.44. The standard InChI is InChI=1S/C27H33BFN3O3S/c1-19-24(16-20-4-7-22(8-5-20)36(3)35)26-17-21(29)6-9-23(26)25(19)18-27(33)32-14-12-31(13-15-32)11-10-30-28(2)34/h4-9,16-17,30,34H,10-15,18H2,1-3H3/b24-16-. The Bertz CT molecular complexity index is 1210. The van der Waals surface area contributed by atoms with Crippen LogP contribution >= 0.6 is 0 Å². The number of benzene rings is 2. The molecule has 1 heterocycles. The molecule has 1 aliphatic carbocycles. The SMILES string of the molecule is CB(O)NCCN1CCN(C(=O)CC2=C(C)/C(=C/c3ccc(S(C)=O)cc3)c3cc(F)ccc32)CC1. The molecule has 0 bridgehead atoms. The number of nitrogens with zero attached hydrogens (tertiary/aromatic N) is 2. The normalized spacial score (nSPS) is 18.0. The zero-order valence-corrected chi connectivity index (χ0v) is 21.9. The van der Waals surface area contributed by atoms with E-state index in [0.717, 1.165) is 57.9 Å². The molecular formula is C27H33BFN3O3S. The molecule has 2 N–H and O–H groups in total. The summed E-state index contributed by atoms with van der Waals surface area (Å²) in [5, 5.41) is 12.4. The Morgan fingerprint density at radius 3 is 2.47 bits per heavy atom. The Morgan fingerprint density at radius 2 is 1.83 bits per heavy atom. The maximum Gasteiger partial charge on any atom is 0.373 e. The number of piperazine rings is 1. The van der Waals surface area contributed by atoms with Crippen LogP contribution in [0.15, 0.2) is 52.9 Å². The van der Waals surface area contributed by atoms with Crippen molar-refractivity contribution in [3.63, 3.8) is 0 Å². The largest absolute Gasteiger partial charge is 0.437 e. The van der Waals surface area contributed by atoms with Gasteiger partial charge in [0.1, 0.15) is 5.82 Å². The van der Waals surface area contributed by atoms with Gasteiger partial charge in [-0.1, -0.05) is 18.2 Å². The Kier molecular flexibility index (Phi) is 8.56. The molecule has 0 spiro atoms. The molecular weight excluding hydrogens is 476 g/mol. The number of amides is 1. The summed E-state index contributed by atoms with van der Waals surface area (Å²) in [5.74, 6) is -0.227. The summed E-state index contributed by atoms with van der Waals surface area (Å²) < 4.78 is 25.9. The van der Waals surface area contributed by atoms with Crippen LogP contribution in [0.25, 0.3) is 17.2 Å². The topological polar surface area (TPSA) is 72.9 Å². The van der Waals surface area contributed by atoms with Crippen molar-refractivity contribution in [3.05, 3.63) is 70.5 Å². The van der Waals surface area contributed by atoms with Crippen LogP contribution in [0.5, 0.6) is 0 Å². The minimum Gasteiger partial charge on any atom is -0.437 e. The van der Waals surface area contributed by atoms with Crippen LogP contribution in [0.2, 0.25) is 6.82 Å². The van der Waals surface area contributed by atoms with E-state index in [2.05, 4.69) is 10.1 Å². The zero-order valence-electron chi connectivity index (χ0n) is 21.1. The number of halogens is 1. The molecule has 1 atom stereocenters. The fourth-order valence-electron chi connectivity index (χ4n) is 4.82. The molecule has 0 aromatic heterocycles. The van der Waals surface area contributed by atoms with E-state index in [4.69, 9.17) is 0 Å². The smallest absolute Gasteiger partial charge is 0.373 e. The fourth-order valence-corrected chi connectivity index (χ4v) is 5.34. The number of carbonyl (C=O) groups excluding carboxylic acids is 1. The minimum atomic E-state index is -1.05. The van der Waals surface area contributed by atoms with Gasteiger partial charge in [-0.15, -0.1) is 0 Å². The van der Waals surface area contributed by atoms with E-state index < -0.39 is 17.9 Å². The fraction of sp³-hybridized carbons (Fsp3) is 0.370. The molecule has 1 fully saturated rings. The lowest BCUT2D eigenvalue weighted by molar-refractivity contribution is -0.131. The lowest BCUT2D eigenvalue weighted by Crippen LogP contribution is -2.50. The molecule has 2 aliphatic rings. The van der Waals surface area contributed by atoms with Crippen molar-refractivity contribution >= 4 is 41.0 Å². The van der Waals surface area contributed by atoms with Crippen molar-refractivity contribution < 1.29 is 18.4 Å². The predicted octanol–water partition coefficient (Wildman–Crippen LogP) is 3.13.